The first-order valence-electron chi connectivity index (χ1n) is 17.2. The fourth-order valence-electron chi connectivity index (χ4n) is 6.19. The summed E-state index contributed by atoms with van der Waals surface area (Å²) in [7, 11) is -3.52. The minimum Gasteiger partial charge on any atom is -0.426 e. The lowest BCUT2D eigenvalue weighted by molar-refractivity contribution is 0.478. The van der Waals surface area contributed by atoms with Gasteiger partial charge in [-0.25, -0.2) is 0 Å². The van der Waals surface area contributed by atoms with Gasteiger partial charge in [0.15, 0.2) is 0 Å². The third-order valence-electron chi connectivity index (χ3n) is 8.99. The molecule has 0 saturated heterocycles. The van der Waals surface area contributed by atoms with Gasteiger partial charge in [-0.05, 0) is 93.7 Å². The average Bonchev–Trinajstić information content (AvgIpc) is 3.25. The molecule has 1 heterocycles. The molecule has 0 radical (unpaired) electrons. The van der Waals surface area contributed by atoms with E-state index in [0.717, 1.165) is 55.0 Å². The van der Waals surface area contributed by atoms with E-state index in [0.29, 0.717) is 0 Å². The van der Waals surface area contributed by atoms with Crippen LogP contribution in [0.1, 0.15) is 66.5 Å². The lowest BCUT2D eigenvalue weighted by atomic mass is 9.87. The Morgan fingerprint density at radius 1 is 0.540 bits per heavy atom. The number of hydrogen-bond acceptors (Lipinski definition) is 5. The van der Waals surface area contributed by atoms with Crippen molar-refractivity contribution in [2.75, 3.05) is 4.44 Å². The van der Waals surface area contributed by atoms with Crippen LogP contribution < -0.4 is 13.5 Å². The van der Waals surface area contributed by atoms with Crippen molar-refractivity contribution in [1.29, 1.82) is 0 Å². The maximum Gasteiger partial charge on any atom is 0.397 e. The molecule has 5 nitrogen and oxygen atoms in total. The number of nitrogens with zero attached hydrogens (tertiary/aromatic N) is 1. The standard InChI is InChI=1S/C43H45NO4P2/c1-29(2)44(49(45-34-23-19-32(20-24-34)42(3,4)5)46-35-25-21-33(22-26-35)43(6,7)8)50-47-38-27-17-30-13-9-11-15-36(30)40(38)41-37-16-12-10-14-31(37)18-28-39(41)48-50/h9-29H,1-8H3. The van der Waals surface area contributed by atoms with E-state index in [1.165, 1.54) is 11.1 Å². The Kier molecular flexibility index (Phi) is 9.20. The molecule has 0 aliphatic heterocycles. The summed E-state index contributed by atoms with van der Waals surface area (Å²) >= 11 is 0. The molecular formula is C43H45NO4P2. The van der Waals surface area contributed by atoms with Crippen LogP contribution in [0.5, 0.6) is 11.5 Å². The van der Waals surface area contributed by atoms with Crippen LogP contribution in [0.25, 0.3) is 43.5 Å². The Morgan fingerprint density at radius 3 is 1.32 bits per heavy atom. The lowest BCUT2D eigenvalue weighted by Gasteiger charge is -2.29. The highest BCUT2D eigenvalue weighted by atomic mass is 31.2. The molecule has 0 bridgehead atoms. The molecule has 0 amide bonds. The van der Waals surface area contributed by atoms with E-state index in [-0.39, 0.29) is 16.9 Å². The second-order valence-corrected chi connectivity index (χ2v) is 18.0. The number of hydrogen-bond donors (Lipinski definition) is 0. The van der Waals surface area contributed by atoms with Crippen molar-refractivity contribution in [2.45, 2.75) is 72.3 Å². The molecule has 1 aromatic heterocycles. The first kappa shape index (κ1) is 34.2. The van der Waals surface area contributed by atoms with Crippen molar-refractivity contribution in [3.05, 3.63) is 132 Å². The fraction of sp³-hybridized carbons (Fsp3) is 0.256. The summed E-state index contributed by atoms with van der Waals surface area (Å²) in [6, 6.07) is 41.9. The Hall–Kier alpha value is -4.27. The Labute approximate surface area is 297 Å². The largest absolute Gasteiger partial charge is 0.426 e. The van der Waals surface area contributed by atoms with Gasteiger partial charge >= 0.3 is 16.7 Å². The smallest absolute Gasteiger partial charge is 0.397 e. The monoisotopic (exact) mass is 701 g/mol. The summed E-state index contributed by atoms with van der Waals surface area (Å²) in [4.78, 5) is 0. The quantitative estimate of drug-likeness (QED) is 0.155. The molecule has 0 spiro atoms. The zero-order chi connectivity index (χ0) is 35.2. The van der Waals surface area contributed by atoms with Gasteiger partial charge in [-0.3, -0.25) is 0 Å². The summed E-state index contributed by atoms with van der Waals surface area (Å²) in [5, 5.41) is 6.59. The van der Waals surface area contributed by atoms with Gasteiger partial charge in [0.2, 0.25) is 0 Å². The van der Waals surface area contributed by atoms with Gasteiger partial charge in [0, 0.05) is 16.8 Å². The molecule has 0 unspecified atom stereocenters. The van der Waals surface area contributed by atoms with Crippen LogP contribution in [-0.2, 0) is 10.8 Å². The zero-order valence-corrected chi connectivity index (χ0v) is 31.9. The molecule has 0 saturated carbocycles. The van der Waals surface area contributed by atoms with E-state index in [1.54, 1.807) is 0 Å². The molecular weight excluding hydrogens is 656 g/mol. The van der Waals surface area contributed by atoms with Crippen LogP contribution in [-0.4, -0.2) is 6.04 Å². The van der Waals surface area contributed by atoms with Gasteiger partial charge in [-0.15, -0.1) is 4.44 Å². The highest BCUT2D eigenvalue weighted by Gasteiger charge is 2.34. The van der Waals surface area contributed by atoms with Crippen LogP contribution in [0.4, 0.5) is 0 Å². The first-order valence-corrected chi connectivity index (χ1v) is 19.5. The molecule has 7 rings (SSSR count). The van der Waals surface area contributed by atoms with Crippen LogP contribution in [0.3, 0.4) is 0 Å². The van der Waals surface area contributed by atoms with Crippen molar-refractivity contribution < 1.29 is 17.4 Å². The molecule has 7 aromatic rings. The zero-order valence-electron chi connectivity index (χ0n) is 30.1. The molecule has 0 fully saturated rings. The molecule has 0 N–H and O–H groups in total. The van der Waals surface area contributed by atoms with Crippen LogP contribution in [0.2, 0.25) is 0 Å². The molecule has 0 aliphatic rings. The summed E-state index contributed by atoms with van der Waals surface area (Å²) in [6.45, 7) is 17.6. The van der Waals surface area contributed by atoms with Gasteiger partial charge < -0.3 is 17.4 Å². The van der Waals surface area contributed by atoms with Gasteiger partial charge in [-0.1, -0.05) is 126 Å². The Balaban J connectivity index is 1.44. The van der Waals surface area contributed by atoms with Crippen molar-refractivity contribution in [3.63, 3.8) is 0 Å². The van der Waals surface area contributed by atoms with Gasteiger partial charge in [0.25, 0.3) is 0 Å². The van der Waals surface area contributed by atoms with E-state index in [2.05, 4.69) is 157 Å². The third-order valence-corrected chi connectivity index (χ3v) is 12.9. The molecule has 6 aromatic carbocycles. The van der Waals surface area contributed by atoms with Gasteiger partial charge in [-0.2, -0.15) is 0 Å². The van der Waals surface area contributed by atoms with Crippen molar-refractivity contribution in [2.24, 2.45) is 0 Å². The topological polar surface area (TPSA) is 48.0 Å². The Bertz CT molecular complexity index is 2180. The minimum absolute atomic E-state index is 0.0267. The second kappa shape index (κ2) is 13.5. The molecule has 0 atom stereocenters. The van der Waals surface area contributed by atoms with Crippen molar-refractivity contribution >= 4 is 60.2 Å². The van der Waals surface area contributed by atoms with E-state index < -0.39 is 16.7 Å². The predicted octanol–water partition coefficient (Wildman–Crippen LogP) is 13.9. The number of benzene rings is 6. The lowest BCUT2D eigenvalue weighted by Crippen LogP contribution is -2.26. The number of fused-ring (bicyclic) bond motifs is 7. The maximum absolute atomic E-state index is 7.03. The fourth-order valence-corrected chi connectivity index (χ4v) is 9.52. The van der Waals surface area contributed by atoms with Crippen LogP contribution >= 0.6 is 16.7 Å². The third kappa shape index (κ3) is 6.88. The summed E-state index contributed by atoms with van der Waals surface area (Å²) in [5.74, 6) is 1.45. The molecule has 256 valence electrons. The highest BCUT2D eigenvalue weighted by molar-refractivity contribution is 7.63. The summed E-state index contributed by atoms with van der Waals surface area (Å²) < 4.78 is 29.9. The van der Waals surface area contributed by atoms with E-state index in [9.17, 15) is 0 Å². The van der Waals surface area contributed by atoms with Gasteiger partial charge in [0.1, 0.15) is 22.7 Å². The normalized spacial score (nSPS) is 12.5. The first-order chi connectivity index (χ1) is 23.9. The Morgan fingerprint density at radius 2 is 0.940 bits per heavy atom. The average molecular weight is 702 g/mol. The van der Waals surface area contributed by atoms with E-state index in [1.807, 2.05) is 24.3 Å². The van der Waals surface area contributed by atoms with E-state index >= 15 is 0 Å². The molecule has 0 aliphatic carbocycles. The van der Waals surface area contributed by atoms with Crippen molar-refractivity contribution in [1.82, 2.24) is 0 Å². The summed E-state index contributed by atoms with van der Waals surface area (Å²) in [5.41, 5.74) is 4.07. The number of rotatable bonds is 7. The van der Waals surface area contributed by atoms with E-state index in [4.69, 9.17) is 17.4 Å². The van der Waals surface area contributed by atoms with Crippen molar-refractivity contribution in [3.8, 4) is 11.5 Å². The highest BCUT2D eigenvalue weighted by Crippen LogP contribution is 2.54. The molecule has 50 heavy (non-hydrogen) atoms. The molecule has 7 heteroatoms. The predicted molar refractivity (Wildman–Crippen MR) is 213 cm³/mol. The minimum atomic E-state index is -1.76. The summed E-state index contributed by atoms with van der Waals surface area (Å²) in [6.07, 6.45) is 0. The SMILES string of the molecule is CC(C)N(P(Oc1ccc(C(C)(C)C)cc1)Oc1ccc(C(C)(C)C)cc1)p1oc2ccc3ccccc3c2c2c(ccc3ccccc32)o1. The van der Waals surface area contributed by atoms with Gasteiger partial charge in [0.05, 0.1) is 0 Å². The van der Waals surface area contributed by atoms with Crippen LogP contribution in [0.15, 0.2) is 130 Å². The maximum atomic E-state index is 7.03. The van der Waals surface area contributed by atoms with Crippen LogP contribution in [0, 0.1) is 0 Å². The second-order valence-electron chi connectivity index (χ2n) is 15.1.